The van der Waals surface area contributed by atoms with Crippen LogP contribution in [0.2, 0.25) is 0 Å². The van der Waals surface area contributed by atoms with Crippen LogP contribution in [0, 0.1) is 0 Å². The molecule has 2 aromatic rings. The molecule has 2 N–H and O–H groups in total. The van der Waals surface area contributed by atoms with Gasteiger partial charge < -0.3 is 10.6 Å². The molecule has 2 rings (SSSR count). The number of carbonyl (C=O) groups is 2. The Labute approximate surface area is 139 Å². The van der Waals surface area contributed by atoms with Crippen LogP contribution in [0.15, 0.2) is 51.4 Å². The molecule has 0 unspecified atom stereocenters. The Morgan fingerprint density at radius 1 is 0.905 bits per heavy atom. The van der Waals surface area contributed by atoms with Gasteiger partial charge in [0.1, 0.15) is 0 Å². The third-order valence-corrected chi connectivity index (χ3v) is 3.79. The van der Waals surface area contributed by atoms with Gasteiger partial charge in [-0.1, -0.05) is 15.9 Å². The average molecular weight is 412 g/mol. The monoisotopic (exact) mass is 410 g/mol. The van der Waals surface area contributed by atoms with Gasteiger partial charge in [-0.15, -0.1) is 0 Å². The molecule has 0 aliphatic heterocycles. The van der Waals surface area contributed by atoms with Crippen LogP contribution in [0.25, 0.3) is 0 Å². The van der Waals surface area contributed by atoms with Crippen molar-refractivity contribution in [2.45, 2.75) is 6.92 Å². The van der Waals surface area contributed by atoms with Crippen LogP contribution in [-0.2, 0) is 4.79 Å². The predicted octanol–water partition coefficient (Wildman–Crippen LogP) is 4.42. The van der Waals surface area contributed by atoms with E-state index in [1.807, 2.05) is 6.07 Å². The third kappa shape index (κ3) is 4.41. The topological polar surface area (TPSA) is 58.2 Å². The second-order valence-electron chi connectivity index (χ2n) is 4.34. The summed E-state index contributed by atoms with van der Waals surface area (Å²) in [5.74, 6) is -0.341. The van der Waals surface area contributed by atoms with Gasteiger partial charge in [-0.25, -0.2) is 0 Å². The van der Waals surface area contributed by atoms with E-state index in [0.29, 0.717) is 21.4 Å². The minimum absolute atomic E-state index is 0.134. The Bertz CT molecular complexity index is 685. The number of carbonyl (C=O) groups excluding carboxylic acids is 2. The van der Waals surface area contributed by atoms with E-state index in [1.165, 1.54) is 6.92 Å². The number of nitrogens with one attached hydrogen (secondary N) is 2. The van der Waals surface area contributed by atoms with E-state index in [9.17, 15) is 9.59 Å². The van der Waals surface area contributed by atoms with E-state index in [2.05, 4.69) is 42.5 Å². The molecule has 0 saturated heterocycles. The van der Waals surface area contributed by atoms with Gasteiger partial charge in [0.25, 0.3) is 5.91 Å². The maximum atomic E-state index is 12.2. The summed E-state index contributed by atoms with van der Waals surface area (Å²) in [6, 6.07) is 12.3. The molecule has 0 aliphatic rings. The number of amides is 2. The molecule has 0 heterocycles. The molecule has 0 atom stereocenters. The molecule has 0 radical (unpaired) electrons. The number of benzene rings is 2. The Hall–Kier alpha value is -1.66. The van der Waals surface area contributed by atoms with E-state index < -0.39 is 0 Å². The number of hydrogen-bond acceptors (Lipinski definition) is 2. The number of halogens is 2. The summed E-state index contributed by atoms with van der Waals surface area (Å²) in [6.45, 7) is 1.45. The first-order valence-corrected chi connectivity index (χ1v) is 7.68. The van der Waals surface area contributed by atoms with E-state index in [1.54, 1.807) is 36.4 Å². The molecule has 0 spiro atoms. The molecule has 0 aliphatic carbocycles. The van der Waals surface area contributed by atoms with Gasteiger partial charge in [0.15, 0.2) is 0 Å². The van der Waals surface area contributed by atoms with E-state index in [-0.39, 0.29) is 11.8 Å². The molecule has 2 aromatic carbocycles. The van der Waals surface area contributed by atoms with Gasteiger partial charge in [-0.3, -0.25) is 9.59 Å². The van der Waals surface area contributed by atoms with Gasteiger partial charge >= 0.3 is 0 Å². The lowest BCUT2D eigenvalue weighted by Gasteiger charge is -2.08. The quantitative estimate of drug-likeness (QED) is 0.785. The Morgan fingerprint density at radius 2 is 1.48 bits per heavy atom. The molecule has 2 amide bonds. The summed E-state index contributed by atoms with van der Waals surface area (Å²) < 4.78 is 1.61. The first kappa shape index (κ1) is 15.7. The molecule has 21 heavy (non-hydrogen) atoms. The summed E-state index contributed by atoms with van der Waals surface area (Å²) in [5.41, 5.74) is 1.89. The lowest BCUT2D eigenvalue weighted by Crippen LogP contribution is -2.12. The van der Waals surface area contributed by atoms with E-state index in [4.69, 9.17) is 0 Å². The average Bonchev–Trinajstić information content (AvgIpc) is 2.40. The Kier molecular flexibility index (Phi) is 5.14. The van der Waals surface area contributed by atoms with Gasteiger partial charge in [-0.05, 0) is 58.4 Å². The van der Waals surface area contributed by atoms with Crippen molar-refractivity contribution in [1.29, 1.82) is 0 Å². The first-order valence-electron chi connectivity index (χ1n) is 6.10. The highest BCUT2D eigenvalue weighted by molar-refractivity contribution is 9.11. The fourth-order valence-corrected chi connectivity index (χ4v) is 2.94. The van der Waals surface area contributed by atoms with Crippen LogP contribution >= 0.6 is 31.9 Å². The first-order chi connectivity index (χ1) is 9.95. The molecule has 108 valence electrons. The zero-order valence-corrected chi connectivity index (χ0v) is 14.3. The van der Waals surface area contributed by atoms with Crippen LogP contribution in [-0.4, -0.2) is 11.8 Å². The maximum Gasteiger partial charge on any atom is 0.256 e. The molecule has 0 bridgehead atoms. The largest absolute Gasteiger partial charge is 0.326 e. The van der Waals surface area contributed by atoms with E-state index in [0.717, 1.165) is 4.47 Å². The summed E-state index contributed by atoms with van der Waals surface area (Å²) >= 11 is 6.71. The van der Waals surface area contributed by atoms with Crippen LogP contribution in [0.3, 0.4) is 0 Å². The molecule has 0 saturated carbocycles. The van der Waals surface area contributed by atoms with Crippen LogP contribution in [0.1, 0.15) is 17.3 Å². The fourth-order valence-electron chi connectivity index (χ4n) is 1.71. The van der Waals surface area contributed by atoms with Crippen molar-refractivity contribution in [1.82, 2.24) is 0 Å². The van der Waals surface area contributed by atoms with Crippen molar-refractivity contribution in [3.63, 3.8) is 0 Å². The molecular weight excluding hydrogens is 400 g/mol. The summed E-state index contributed by atoms with van der Waals surface area (Å²) in [5, 5.41) is 5.47. The van der Waals surface area contributed by atoms with Crippen molar-refractivity contribution in [3.05, 3.63) is 57.0 Å². The third-order valence-electron chi connectivity index (χ3n) is 2.64. The lowest BCUT2D eigenvalue weighted by atomic mass is 10.2. The number of anilines is 2. The highest BCUT2D eigenvalue weighted by Crippen LogP contribution is 2.23. The highest BCUT2D eigenvalue weighted by Gasteiger charge is 2.10. The zero-order chi connectivity index (χ0) is 15.4. The molecule has 0 aromatic heterocycles. The van der Waals surface area contributed by atoms with Crippen molar-refractivity contribution in [2.75, 3.05) is 10.6 Å². The highest BCUT2D eigenvalue weighted by atomic mass is 79.9. The zero-order valence-electron chi connectivity index (χ0n) is 11.1. The lowest BCUT2D eigenvalue weighted by molar-refractivity contribution is -0.114. The SMILES string of the molecule is CC(=O)Nc1ccc(NC(=O)c2ccc(Br)cc2Br)cc1. The smallest absolute Gasteiger partial charge is 0.256 e. The molecule has 4 nitrogen and oxygen atoms in total. The number of rotatable bonds is 3. The van der Waals surface area contributed by atoms with Gasteiger partial charge in [0.2, 0.25) is 5.91 Å². The predicted molar refractivity (Wildman–Crippen MR) is 90.5 cm³/mol. The van der Waals surface area contributed by atoms with E-state index >= 15 is 0 Å². The summed E-state index contributed by atoms with van der Waals surface area (Å²) in [4.78, 5) is 23.1. The van der Waals surface area contributed by atoms with Gasteiger partial charge in [-0.2, -0.15) is 0 Å². The molecular formula is C15H12Br2N2O2. The molecule has 6 heteroatoms. The second kappa shape index (κ2) is 6.87. The van der Waals surface area contributed by atoms with Crippen LogP contribution in [0.4, 0.5) is 11.4 Å². The Balaban J connectivity index is 2.10. The minimum atomic E-state index is -0.207. The molecule has 0 fully saturated rings. The number of hydrogen-bond donors (Lipinski definition) is 2. The van der Waals surface area contributed by atoms with Crippen LogP contribution < -0.4 is 10.6 Å². The normalized spacial score (nSPS) is 10.0. The maximum absolute atomic E-state index is 12.2. The standard InChI is InChI=1S/C15H12Br2N2O2/c1-9(20)18-11-3-5-12(6-4-11)19-15(21)13-7-2-10(16)8-14(13)17/h2-8H,1H3,(H,18,20)(H,19,21). The summed E-state index contributed by atoms with van der Waals surface area (Å²) in [7, 11) is 0. The summed E-state index contributed by atoms with van der Waals surface area (Å²) in [6.07, 6.45) is 0. The van der Waals surface area contributed by atoms with Gasteiger partial charge in [0.05, 0.1) is 5.56 Å². The van der Waals surface area contributed by atoms with Crippen molar-refractivity contribution < 1.29 is 9.59 Å². The van der Waals surface area contributed by atoms with Crippen molar-refractivity contribution in [2.24, 2.45) is 0 Å². The van der Waals surface area contributed by atoms with Crippen LogP contribution in [0.5, 0.6) is 0 Å². The Morgan fingerprint density at radius 3 is 2.00 bits per heavy atom. The van der Waals surface area contributed by atoms with Gasteiger partial charge in [0, 0.05) is 27.2 Å². The second-order valence-corrected chi connectivity index (χ2v) is 6.11. The van der Waals surface area contributed by atoms with Crippen molar-refractivity contribution in [3.8, 4) is 0 Å². The fraction of sp³-hybridized carbons (Fsp3) is 0.0667. The minimum Gasteiger partial charge on any atom is -0.326 e. The van der Waals surface area contributed by atoms with Crippen molar-refractivity contribution >= 4 is 55.0 Å².